The van der Waals surface area contributed by atoms with Crippen LogP contribution < -0.4 is 5.32 Å². The predicted molar refractivity (Wildman–Crippen MR) is 98.0 cm³/mol. The number of hydrogen-bond donors (Lipinski definition) is 1. The molecule has 0 radical (unpaired) electrons. The van der Waals surface area contributed by atoms with Crippen LogP contribution in [-0.4, -0.2) is 24.1 Å². The molecule has 1 N–H and O–H groups in total. The van der Waals surface area contributed by atoms with Gasteiger partial charge in [-0.05, 0) is 49.2 Å². The molecule has 0 aliphatic carbocycles. The van der Waals surface area contributed by atoms with Crippen LogP contribution in [0.25, 0.3) is 0 Å². The van der Waals surface area contributed by atoms with Crippen molar-refractivity contribution < 1.29 is 9.53 Å². The third-order valence-corrected chi connectivity index (χ3v) is 3.81. The summed E-state index contributed by atoms with van der Waals surface area (Å²) in [6, 6.07) is 16.9. The number of carbonyl (C=O) groups is 1. The van der Waals surface area contributed by atoms with Crippen molar-refractivity contribution in [1.82, 2.24) is 4.90 Å². The van der Waals surface area contributed by atoms with Crippen molar-refractivity contribution in [2.75, 3.05) is 12.4 Å². The van der Waals surface area contributed by atoms with Gasteiger partial charge >= 0.3 is 6.03 Å². The number of benzene rings is 2. The van der Waals surface area contributed by atoms with Crippen molar-refractivity contribution in [3.05, 3.63) is 65.2 Å². The van der Waals surface area contributed by atoms with Gasteiger partial charge in [-0.25, -0.2) is 4.79 Å². The summed E-state index contributed by atoms with van der Waals surface area (Å²) in [7, 11) is 1.64. The number of nitrogens with one attached hydrogen (secondary N) is 1. The van der Waals surface area contributed by atoms with Crippen molar-refractivity contribution in [2.45, 2.75) is 33.0 Å². The summed E-state index contributed by atoms with van der Waals surface area (Å²) in [6.45, 7) is 4.94. The number of amides is 2. The molecule has 0 spiro atoms. The second kappa shape index (κ2) is 8.86. The van der Waals surface area contributed by atoms with Crippen LogP contribution in [0.2, 0.25) is 0 Å². The summed E-state index contributed by atoms with van der Waals surface area (Å²) in [5, 5.41) is 11.8. The molecule has 25 heavy (non-hydrogen) atoms. The minimum absolute atomic E-state index is 0.0396. The smallest absolute Gasteiger partial charge is 0.322 e. The lowest BCUT2D eigenvalue weighted by Gasteiger charge is -2.27. The van der Waals surface area contributed by atoms with E-state index < -0.39 is 0 Å². The molecule has 5 heteroatoms. The van der Waals surface area contributed by atoms with Crippen LogP contribution in [0.4, 0.5) is 10.5 Å². The molecule has 2 amide bonds. The number of ether oxygens (including phenoxy) is 1. The van der Waals surface area contributed by atoms with Gasteiger partial charge < -0.3 is 15.0 Å². The summed E-state index contributed by atoms with van der Waals surface area (Å²) in [4.78, 5) is 14.4. The average molecular weight is 337 g/mol. The Morgan fingerprint density at radius 3 is 2.52 bits per heavy atom. The molecule has 0 saturated heterocycles. The summed E-state index contributed by atoms with van der Waals surface area (Å²) < 4.78 is 5.13. The molecule has 2 aromatic carbocycles. The summed E-state index contributed by atoms with van der Waals surface area (Å²) in [5.74, 6) is 0. The zero-order valence-corrected chi connectivity index (χ0v) is 14.8. The maximum absolute atomic E-state index is 12.7. The number of nitrogens with zero attached hydrogens (tertiary/aromatic N) is 2. The predicted octanol–water partition coefficient (Wildman–Crippen LogP) is 4.15. The minimum Gasteiger partial charge on any atom is -0.380 e. The van der Waals surface area contributed by atoms with Crippen LogP contribution in [0, 0.1) is 11.3 Å². The van der Waals surface area contributed by atoms with Gasteiger partial charge in [-0.1, -0.05) is 24.3 Å². The molecule has 0 heterocycles. The molecule has 0 unspecified atom stereocenters. The summed E-state index contributed by atoms with van der Waals surface area (Å²) in [5.41, 5.74) is 3.34. The second-order valence-corrected chi connectivity index (χ2v) is 6.09. The Kier molecular flexibility index (Phi) is 6.55. The fraction of sp³-hybridized carbons (Fsp3) is 0.300. The van der Waals surface area contributed by atoms with Gasteiger partial charge in [-0.15, -0.1) is 0 Å². The Balaban J connectivity index is 2.09. The Hall–Kier alpha value is -2.84. The third-order valence-electron chi connectivity index (χ3n) is 3.81. The fourth-order valence-electron chi connectivity index (χ4n) is 2.47. The van der Waals surface area contributed by atoms with Crippen LogP contribution in [0.1, 0.15) is 30.5 Å². The van der Waals surface area contributed by atoms with Crippen molar-refractivity contribution >= 4 is 11.7 Å². The van der Waals surface area contributed by atoms with E-state index >= 15 is 0 Å². The number of rotatable bonds is 6. The van der Waals surface area contributed by atoms with Gasteiger partial charge in [0.2, 0.25) is 0 Å². The molecule has 0 aliphatic rings. The zero-order chi connectivity index (χ0) is 18.2. The number of methoxy groups -OCH3 is 1. The van der Waals surface area contributed by atoms with E-state index in [1.165, 1.54) is 0 Å². The summed E-state index contributed by atoms with van der Waals surface area (Å²) in [6.07, 6.45) is 0. The van der Waals surface area contributed by atoms with Gasteiger partial charge in [0.05, 0.1) is 18.2 Å². The van der Waals surface area contributed by atoms with E-state index in [4.69, 9.17) is 10.00 Å². The molecule has 0 saturated carbocycles. The van der Waals surface area contributed by atoms with Gasteiger partial charge in [0.25, 0.3) is 0 Å². The standard InChI is InChI=1S/C20H23N3O2/c1-15(2)23(13-17-9-7-16(12-21)8-10-17)20(24)22-19-6-4-5-18(11-19)14-25-3/h4-11,15H,13-14H2,1-3H3,(H,22,24). The number of urea groups is 1. The van der Waals surface area contributed by atoms with Crippen LogP contribution in [0.5, 0.6) is 0 Å². The molecule has 2 rings (SSSR count). The lowest BCUT2D eigenvalue weighted by Crippen LogP contribution is -2.39. The molecule has 2 aromatic rings. The topological polar surface area (TPSA) is 65.4 Å². The second-order valence-electron chi connectivity index (χ2n) is 6.09. The first-order chi connectivity index (χ1) is 12.0. The maximum Gasteiger partial charge on any atom is 0.322 e. The Bertz CT molecular complexity index is 748. The highest BCUT2D eigenvalue weighted by molar-refractivity contribution is 5.89. The van der Waals surface area contributed by atoms with Crippen molar-refractivity contribution in [1.29, 1.82) is 5.26 Å². The molecular formula is C20H23N3O2. The van der Waals surface area contributed by atoms with Gasteiger partial charge in [-0.3, -0.25) is 0 Å². The van der Waals surface area contributed by atoms with Crippen molar-refractivity contribution in [3.8, 4) is 6.07 Å². The number of hydrogen-bond acceptors (Lipinski definition) is 3. The van der Waals surface area contributed by atoms with Gasteiger partial charge in [0.1, 0.15) is 0 Å². The Labute approximate surface area is 148 Å². The van der Waals surface area contributed by atoms with Crippen molar-refractivity contribution in [3.63, 3.8) is 0 Å². The van der Waals surface area contributed by atoms with Gasteiger partial charge in [0.15, 0.2) is 0 Å². The number of carbonyl (C=O) groups excluding carboxylic acids is 1. The normalized spacial score (nSPS) is 10.4. The van der Waals surface area contributed by atoms with E-state index in [1.54, 1.807) is 24.1 Å². The van der Waals surface area contributed by atoms with Crippen LogP contribution in [-0.2, 0) is 17.9 Å². The summed E-state index contributed by atoms with van der Waals surface area (Å²) >= 11 is 0. The van der Waals surface area contributed by atoms with E-state index in [-0.39, 0.29) is 12.1 Å². The lowest BCUT2D eigenvalue weighted by molar-refractivity contribution is 0.185. The monoisotopic (exact) mass is 337 g/mol. The molecular weight excluding hydrogens is 314 g/mol. The molecule has 0 fully saturated rings. The molecule has 0 atom stereocenters. The number of anilines is 1. The van der Waals surface area contributed by atoms with E-state index in [9.17, 15) is 4.79 Å². The van der Waals surface area contributed by atoms with Crippen LogP contribution in [0.15, 0.2) is 48.5 Å². The highest BCUT2D eigenvalue weighted by atomic mass is 16.5. The Morgan fingerprint density at radius 2 is 1.92 bits per heavy atom. The zero-order valence-electron chi connectivity index (χ0n) is 14.8. The molecule has 130 valence electrons. The highest BCUT2D eigenvalue weighted by Crippen LogP contribution is 2.15. The van der Waals surface area contributed by atoms with E-state index in [2.05, 4.69) is 11.4 Å². The Morgan fingerprint density at radius 1 is 1.20 bits per heavy atom. The minimum atomic E-state index is -0.158. The van der Waals surface area contributed by atoms with E-state index in [0.29, 0.717) is 18.7 Å². The van der Waals surface area contributed by atoms with Crippen molar-refractivity contribution in [2.24, 2.45) is 0 Å². The molecule has 5 nitrogen and oxygen atoms in total. The number of nitriles is 1. The first-order valence-electron chi connectivity index (χ1n) is 8.18. The van der Waals surface area contributed by atoms with Crippen LogP contribution >= 0.6 is 0 Å². The highest BCUT2D eigenvalue weighted by Gasteiger charge is 2.17. The first kappa shape index (κ1) is 18.5. The third kappa shape index (κ3) is 5.33. The van der Waals surface area contributed by atoms with Crippen LogP contribution in [0.3, 0.4) is 0 Å². The fourth-order valence-corrected chi connectivity index (χ4v) is 2.47. The lowest BCUT2D eigenvalue weighted by atomic mass is 10.1. The average Bonchev–Trinajstić information content (AvgIpc) is 2.60. The van der Waals surface area contributed by atoms with E-state index in [1.807, 2.05) is 50.2 Å². The van der Waals surface area contributed by atoms with Gasteiger partial charge in [-0.2, -0.15) is 5.26 Å². The van der Waals surface area contributed by atoms with E-state index in [0.717, 1.165) is 16.8 Å². The first-order valence-corrected chi connectivity index (χ1v) is 8.18. The largest absolute Gasteiger partial charge is 0.380 e. The maximum atomic E-state index is 12.7. The molecule has 0 aromatic heterocycles. The van der Waals surface area contributed by atoms with Gasteiger partial charge in [0, 0.05) is 25.4 Å². The molecule has 0 aliphatic heterocycles. The quantitative estimate of drug-likeness (QED) is 0.861. The SMILES string of the molecule is COCc1cccc(NC(=O)N(Cc2ccc(C#N)cc2)C(C)C)c1. The molecule has 0 bridgehead atoms.